The number of hydrogen-bond acceptors (Lipinski definition) is 4. The van der Waals surface area contributed by atoms with Crippen LogP contribution in [-0.4, -0.2) is 30.5 Å². The van der Waals surface area contributed by atoms with Crippen molar-refractivity contribution < 1.29 is 19.1 Å². The standard InChI is InChI=1S/C10H17BrO4/c1-9(7-14-8-12)15-10(13)5-3-2-4-6-11/h8-9H,2-7H2,1H3. The predicted octanol–water partition coefficient (Wildman–Crippen LogP) is 2.05. The maximum Gasteiger partial charge on any atom is 0.306 e. The van der Waals surface area contributed by atoms with Gasteiger partial charge in [0.05, 0.1) is 0 Å². The fraction of sp³-hybridized carbons (Fsp3) is 0.800. The van der Waals surface area contributed by atoms with Gasteiger partial charge in [0.25, 0.3) is 6.47 Å². The molecule has 0 spiro atoms. The van der Waals surface area contributed by atoms with Crippen molar-refractivity contribution in [1.82, 2.24) is 0 Å². The Balaban J connectivity index is 3.42. The number of halogens is 1. The third-order valence-electron chi connectivity index (χ3n) is 1.75. The van der Waals surface area contributed by atoms with Crippen molar-refractivity contribution in [1.29, 1.82) is 0 Å². The second-order valence-electron chi connectivity index (χ2n) is 3.23. The van der Waals surface area contributed by atoms with Crippen molar-refractivity contribution in [2.24, 2.45) is 0 Å². The van der Waals surface area contributed by atoms with Gasteiger partial charge in [-0.3, -0.25) is 9.59 Å². The highest BCUT2D eigenvalue weighted by molar-refractivity contribution is 9.09. The van der Waals surface area contributed by atoms with Gasteiger partial charge in [0.1, 0.15) is 12.7 Å². The number of ether oxygens (including phenoxy) is 2. The van der Waals surface area contributed by atoms with Crippen molar-refractivity contribution in [3.8, 4) is 0 Å². The van der Waals surface area contributed by atoms with E-state index >= 15 is 0 Å². The van der Waals surface area contributed by atoms with Crippen LogP contribution in [0.15, 0.2) is 0 Å². The lowest BCUT2D eigenvalue weighted by molar-refractivity contribution is -0.153. The molecular weight excluding hydrogens is 264 g/mol. The smallest absolute Gasteiger partial charge is 0.306 e. The average molecular weight is 281 g/mol. The minimum atomic E-state index is -0.362. The second-order valence-corrected chi connectivity index (χ2v) is 4.02. The highest BCUT2D eigenvalue weighted by atomic mass is 79.9. The van der Waals surface area contributed by atoms with E-state index in [0.29, 0.717) is 12.9 Å². The zero-order chi connectivity index (χ0) is 11.5. The number of carbonyl (C=O) groups excluding carboxylic acids is 2. The molecular formula is C10H17BrO4. The van der Waals surface area contributed by atoms with Gasteiger partial charge in [-0.05, 0) is 19.8 Å². The molecule has 15 heavy (non-hydrogen) atoms. The summed E-state index contributed by atoms with van der Waals surface area (Å²) >= 11 is 3.32. The fourth-order valence-electron chi connectivity index (χ4n) is 1.03. The van der Waals surface area contributed by atoms with Crippen LogP contribution in [0.4, 0.5) is 0 Å². The number of carbonyl (C=O) groups is 2. The average Bonchev–Trinajstić information content (AvgIpc) is 2.21. The molecule has 0 fully saturated rings. The van der Waals surface area contributed by atoms with Crippen LogP contribution in [0.3, 0.4) is 0 Å². The van der Waals surface area contributed by atoms with Crippen molar-refractivity contribution in [2.75, 3.05) is 11.9 Å². The maximum absolute atomic E-state index is 11.2. The highest BCUT2D eigenvalue weighted by Gasteiger charge is 2.09. The number of hydrogen-bond donors (Lipinski definition) is 0. The Hall–Kier alpha value is -0.580. The Bertz CT molecular complexity index is 184. The third kappa shape index (κ3) is 9.72. The van der Waals surface area contributed by atoms with Crippen LogP contribution in [-0.2, 0) is 19.1 Å². The number of alkyl halides is 1. The molecule has 0 aromatic carbocycles. The van der Waals surface area contributed by atoms with Crippen LogP contribution < -0.4 is 0 Å². The number of unbranched alkanes of at least 4 members (excludes halogenated alkanes) is 2. The largest absolute Gasteiger partial charge is 0.464 e. The molecule has 0 saturated heterocycles. The van der Waals surface area contributed by atoms with Crippen LogP contribution in [0.25, 0.3) is 0 Å². The molecule has 1 unspecified atom stereocenters. The maximum atomic E-state index is 11.2. The van der Waals surface area contributed by atoms with E-state index in [1.807, 2.05) is 0 Å². The number of esters is 1. The summed E-state index contributed by atoms with van der Waals surface area (Å²) < 4.78 is 9.47. The van der Waals surface area contributed by atoms with Crippen LogP contribution in [0.5, 0.6) is 0 Å². The monoisotopic (exact) mass is 280 g/mol. The molecule has 0 aromatic rings. The summed E-state index contributed by atoms with van der Waals surface area (Å²) in [7, 11) is 0. The first-order chi connectivity index (χ1) is 7.20. The van der Waals surface area contributed by atoms with Crippen LogP contribution in [0.2, 0.25) is 0 Å². The lowest BCUT2D eigenvalue weighted by Gasteiger charge is -2.11. The molecule has 1 atom stereocenters. The minimum absolute atomic E-state index is 0.122. The van der Waals surface area contributed by atoms with E-state index < -0.39 is 0 Å². The van der Waals surface area contributed by atoms with E-state index in [9.17, 15) is 9.59 Å². The summed E-state index contributed by atoms with van der Waals surface area (Å²) in [6.07, 6.45) is 2.99. The molecule has 0 aliphatic rings. The fourth-order valence-corrected chi connectivity index (χ4v) is 1.43. The molecule has 0 aliphatic carbocycles. The van der Waals surface area contributed by atoms with Crippen LogP contribution in [0, 0.1) is 0 Å². The van der Waals surface area contributed by atoms with Crippen LogP contribution >= 0.6 is 15.9 Å². The van der Waals surface area contributed by atoms with Crippen molar-refractivity contribution in [3.63, 3.8) is 0 Å². The summed E-state index contributed by atoms with van der Waals surface area (Å²) in [6, 6.07) is 0. The van der Waals surface area contributed by atoms with E-state index in [0.717, 1.165) is 24.6 Å². The molecule has 0 N–H and O–H groups in total. The lowest BCUT2D eigenvalue weighted by Crippen LogP contribution is -2.19. The molecule has 88 valence electrons. The van der Waals surface area contributed by atoms with E-state index in [1.54, 1.807) is 6.92 Å². The van der Waals surface area contributed by atoms with Crippen molar-refractivity contribution in [2.45, 2.75) is 38.7 Å². The Morgan fingerprint density at radius 3 is 2.73 bits per heavy atom. The van der Waals surface area contributed by atoms with Gasteiger partial charge in [0, 0.05) is 11.8 Å². The second kappa shape index (κ2) is 9.96. The first-order valence-corrected chi connectivity index (χ1v) is 6.13. The Morgan fingerprint density at radius 2 is 2.13 bits per heavy atom. The van der Waals surface area contributed by atoms with Crippen molar-refractivity contribution >= 4 is 28.4 Å². The van der Waals surface area contributed by atoms with E-state index in [2.05, 4.69) is 20.7 Å². The topological polar surface area (TPSA) is 52.6 Å². The van der Waals surface area contributed by atoms with Gasteiger partial charge in [0.2, 0.25) is 0 Å². The van der Waals surface area contributed by atoms with E-state index in [1.165, 1.54) is 0 Å². The quantitative estimate of drug-likeness (QED) is 0.281. The first-order valence-electron chi connectivity index (χ1n) is 5.01. The molecule has 0 radical (unpaired) electrons. The van der Waals surface area contributed by atoms with Gasteiger partial charge in [-0.25, -0.2) is 0 Å². The lowest BCUT2D eigenvalue weighted by atomic mass is 10.2. The molecule has 0 amide bonds. The summed E-state index contributed by atoms with van der Waals surface area (Å²) in [5.74, 6) is -0.230. The molecule has 0 saturated carbocycles. The van der Waals surface area contributed by atoms with Crippen molar-refractivity contribution in [3.05, 3.63) is 0 Å². The normalized spacial score (nSPS) is 11.9. The first kappa shape index (κ1) is 14.4. The molecule has 0 bridgehead atoms. The van der Waals surface area contributed by atoms with Gasteiger partial charge in [-0.15, -0.1) is 0 Å². The Morgan fingerprint density at radius 1 is 1.40 bits per heavy atom. The minimum Gasteiger partial charge on any atom is -0.464 e. The third-order valence-corrected chi connectivity index (χ3v) is 2.31. The summed E-state index contributed by atoms with van der Waals surface area (Å²) in [5, 5.41) is 0.964. The number of rotatable bonds is 9. The molecule has 0 heterocycles. The Labute approximate surface area is 98.4 Å². The summed E-state index contributed by atoms with van der Waals surface area (Å²) in [5.41, 5.74) is 0. The van der Waals surface area contributed by atoms with Gasteiger partial charge >= 0.3 is 5.97 Å². The van der Waals surface area contributed by atoms with Gasteiger partial charge < -0.3 is 9.47 Å². The molecule has 0 aromatic heterocycles. The Kier molecular flexibility index (Phi) is 9.57. The zero-order valence-corrected chi connectivity index (χ0v) is 10.5. The zero-order valence-electron chi connectivity index (χ0n) is 8.91. The molecule has 0 aliphatic heterocycles. The summed E-state index contributed by atoms with van der Waals surface area (Å²) in [4.78, 5) is 21.1. The molecule has 5 heteroatoms. The summed E-state index contributed by atoms with van der Waals surface area (Å²) in [6.45, 7) is 2.16. The van der Waals surface area contributed by atoms with E-state index in [-0.39, 0.29) is 18.7 Å². The predicted molar refractivity (Wildman–Crippen MR) is 59.8 cm³/mol. The van der Waals surface area contributed by atoms with E-state index in [4.69, 9.17) is 4.74 Å². The SMILES string of the molecule is CC(COC=O)OC(=O)CCCCCBr. The molecule has 4 nitrogen and oxygen atoms in total. The highest BCUT2D eigenvalue weighted by Crippen LogP contribution is 2.04. The van der Waals surface area contributed by atoms with Gasteiger partial charge in [-0.2, -0.15) is 0 Å². The van der Waals surface area contributed by atoms with Gasteiger partial charge in [-0.1, -0.05) is 22.4 Å². The molecule has 0 rings (SSSR count). The van der Waals surface area contributed by atoms with Crippen LogP contribution in [0.1, 0.15) is 32.6 Å². The van der Waals surface area contributed by atoms with Gasteiger partial charge in [0.15, 0.2) is 0 Å².